The first-order valence-corrected chi connectivity index (χ1v) is 8.27. The lowest BCUT2D eigenvalue weighted by Crippen LogP contribution is -2.20. The van der Waals surface area contributed by atoms with Crippen LogP contribution in [0.1, 0.15) is 47.9 Å². The summed E-state index contributed by atoms with van der Waals surface area (Å²) in [5.41, 5.74) is 3.08. The summed E-state index contributed by atoms with van der Waals surface area (Å²) >= 11 is 5.90. The third-order valence-electron chi connectivity index (χ3n) is 4.11. The van der Waals surface area contributed by atoms with Gasteiger partial charge in [0.1, 0.15) is 23.2 Å². The van der Waals surface area contributed by atoms with Crippen LogP contribution in [0, 0.1) is 0 Å². The zero-order valence-corrected chi connectivity index (χ0v) is 14.4. The van der Waals surface area contributed by atoms with Gasteiger partial charge in [0.2, 0.25) is 0 Å². The Morgan fingerprint density at radius 1 is 1.25 bits per heavy atom. The molecule has 0 saturated heterocycles. The summed E-state index contributed by atoms with van der Waals surface area (Å²) in [5, 5.41) is 11.1. The normalized spacial score (nSPS) is 16.3. The number of halogens is 1. The highest BCUT2D eigenvalue weighted by Crippen LogP contribution is 2.41. The largest absolute Gasteiger partial charge is 0.507 e. The monoisotopic (exact) mass is 342 g/mol. The lowest BCUT2D eigenvalue weighted by molar-refractivity contribution is 0.0845. The van der Waals surface area contributed by atoms with Crippen molar-refractivity contribution in [1.29, 1.82) is 0 Å². The van der Waals surface area contributed by atoms with Gasteiger partial charge in [0.15, 0.2) is 5.78 Å². The maximum Gasteiger partial charge on any atom is 0.174 e. The van der Waals surface area contributed by atoms with Gasteiger partial charge < -0.3 is 9.84 Å². The van der Waals surface area contributed by atoms with Gasteiger partial charge in [-0.3, -0.25) is 4.79 Å². The molecule has 1 heterocycles. The third kappa shape index (κ3) is 3.31. The second-order valence-corrected chi connectivity index (χ2v) is 6.65. The van der Waals surface area contributed by atoms with Crippen LogP contribution in [-0.2, 0) is 6.42 Å². The second kappa shape index (κ2) is 6.70. The molecule has 3 nitrogen and oxygen atoms in total. The van der Waals surface area contributed by atoms with Crippen molar-refractivity contribution in [2.45, 2.75) is 32.8 Å². The number of phenolic OH excluding ortho intramolecular Hbond substituents is 1. The minimum Gasteiger partial charge on any atom is -0.507 e. The number of hydrogen-bond donors (Lipinski definition) is 1. The molecular formula is C20H19ClO3. The Morgan fingerprint density at radius 3 is 2.62 bits per heavy atom. The molecule has 2 aromatic carbocycles. The highest BCUT2D eigenvalue weighted by atomic mass is 35.5. The number of ether oxygens (including phenoxy) is 1. The number of ketones is 1. The molecule has 1 N–H and O–H groups in total. The first-order chi connectivity index (χ1) is 11.5. The van der Waals surface area contributed by atoms with Crippen LogP contribution in [0.15, 0.2) is 48.0 Å². The van der Waals surface area contributed by atoms with Crippen LogP contribution in [0.5, 0.6) is 11.5 Å². The molecule has 1 aliphatic heterocycles. The van der Waals surface area contributed by atoms with Crippen molar-refractivity contribution >= 4 is 17.4 Å². The van der Waals surface area contributed by atoms with E-state index in [9.17, 15) is 9.90 Å². The zero-order valence-electron chi connectivity index (χ0n) is 13.7. The highest BCUT2D eigenvalue weighted by molar-refractivity contribution is 6.30. The molecule has 124 valence electrons. The summed E-state index contributed by atoms with van der Waals surface area (Å²) in [4.78, 5) is 12.6. The van der Waals surface area contributed by atoms with Gasteiger partial charge in [-0.25, -0.2) is 0 Å². The molecule has 2 aromatic rings. The van der Waals surface area contributed by atoms with Crippen LogP contribution in [0.3, 0.4) is 0 Å². The second-order valence-electron chi connectivity index (χ2n) is 6.22. The number of carbonyl (C=O) groups excluding carboxylic acids is 1. The van der Waals surface area contributed by atoms with Gasteiger partial charge in [-0.15, -0.1) is 0 Å². The van der Waals surface area contributed by atoms with Gasteiger partial charge >= 0.3 is 0 Å². The third-order valence-corrected chi connectivity index (χ3v) is 4.37. The molecule has 1 aliphatic rings. The lowest BCUT2D eigenvalue weighted by Gasteiger charge is -2.26. The van der Waals surface area contributed by atoms with Crippen molar-refractivity contribution in [1.82, 2.24) is 0 Å². The number of rotatable bonds is 3. The van der Waals surface area contributed by atoms with Crippen molar-refractivity contribution < 1.29 is 14.6 Å². The van der Waals surface area contributed by atoms with E-state index in [4.69, 9.17) is 16.3 Å². The number of allylic oxidation sites excluding steroid dienone is 2. The molecule has 0 saturated carbocycles. The van der Waals surface area contributed by atoms with Crippen LogP contribution in [-0.4, -0.2) is 10.9 Å². The Labute approximate surface area is 146 Å². The first-order valence-electron chi connectivity index (χ1n) is 7.89. The predicted octanol–water partition coefficient (Wildman–Crippen LogP) is 5.26. The fraction of sp³-hybridized carbons (Fsp3) is 0.250. The Kier molecular flexibility index (Phi) is 4.63. The highest BCUT2D eigenvalue weighted by Gasteiger charge is 2.30. The van der Waals surface area contributed by atoms with Crippen molar-refractivity contribution in [3.63, 3.8) is 0 Å². The van der Waals surface area contributed by atoms with Crippen molar-refractivity contribution in [3.05, 3.63) is 69.8 Å². The zero-order chi connectivity index (χ0) is 17.3. The number of carbonyl (C=O) groups is 1. The summed E-state index contributed by atoms with van der Waals surface area (Å²) in [7, 11) is 0. The molecule has 0 bridgehead atoms. The van der Waals surface area contributed by atoms with Gasteiger partial charge in [0.05, 0.1) is 6.42 Å². The SMILES string of the molecule is CC(C)=CCc1ccc2c(c1O)C(=O)CC(c1ccc(Cl)cc1)O2. The number of Topliss-reactive ketones (excluding diaryl/α,β-unsaturated/α-hetero) is 1. The summed E-state index contributed by atoms with van der Waals surface area (Å²) in [6.45, 7) is 4.00. The summed E-state index contributed by atoms with van der Waals surface area (Å²) in [5.74, 6) is 0.363. The quantitative estimate of drug-likeness (QED) is 0.774. The standard InChI is InChI=1S/C20H19ClO3/c1-12(2)3-4-14-7-10-17-19(20(14)23)16(22)11-18(24-17)13-5-8-15(21)9-6-13/h3,5-10,18,23H,4,11H2,1-2H3. The Morgan fingerprint density at radius 2 is 1.96 bits per heavy atom. The fourth-order valence-corrected chi connectivity index (χ4v) is 2.92. The Hall–Kier alpha value is -2.26. The smallest absolute Gasteiger partial charge is 0.174 e. The van der Waals surface area contributed by atoms with Crippen molar-refractivity contribution in [3.8, 4) is 11.5 Å². The maximum atomic E-state index is 12.6. The molecule has 1 atom stereocenters. The molecule has 0 aromatic heterocycles. The van der Waals surface area contributed by atoms with E-state index in [2.05, 4.69) is 0 Å². The van der Waals surface area contributed by atoms with Gasteiger partial charge in [-0.05, 0) is 49.6 Å². The first kappa shape index (κ1) is 16.6. The number of hydrogen-bond acceptors (Lipinski definition) is 3. The molecule has 0 fully saturated rings. The average Bonchev–Trinajstić information content (AvgIpc) is 2.54. The molecule has 4 heteroatoms. The minimum absolute atomic E-state index is 0.0320. The Balaban J connectivity index is 1.92. The van der Waals surface area contributed by atoms with Crippen LogP contribution < -0.4 is 4.74 Å². The van der Waals surface area contributed by atoms with Gasteiger partial charge in [0, 0.05) is 5.02 Å². The van der Waals surface area contributed by atoms with E-state index in [0.717, 1.165) is 16.7 Å². The van der Waals surface area contributed by atoms with E-state index >= 15 is 0 Å². The number of aromatic hydroxyl groups is 1. The molecular weight excluding hydrogens is 324 g/mol. The number of fused-ring (bicyclic) bond motifs is 1. The van der Waals surface area contributed by atoms with Gasteiger partial charge in [-0.2, -0.15) is 0 Å². The van der Waals surface area contributed by atoms with Gasteiger partial charge in [0.25, 0.3) is 0 Å². The van der Waals surface area contributed by atoms with Crippen LogP contribution in [0.25, 0.3) is 0 Å². The topological polar surface area (TPSA) is 46.5 Å². The van der Waals surface area contributed by atoms with E-state index in [1.54, 1.807) is 18.2 Å². The van der Waals surface area contributed by atoms with E-state index < -0.39 is 0 Å². The van der Waals surface area contributed by atoms with E-state index in [1.165, 1.54) is 0 Å². The van der Waals surface area contributed by atoms with E-state index in [-0.39, 0.29) is 24.1 Å². The summed E-state index contributed by atoms with van der Waals surface area (Å²) in [6.07, 6.45) is 2.46. The summed E-state index contributed by atoms with van der Waals surface area (Å²) < 4.78 is 5.95. The number of phenols is 1. The van der Waals surface area contributed by atoms with Crippen molar-refractivity contribution in [2.75, 3.05) is 0 Å². The maximum absolute atomic E-state index is 12.6. The lowest BCUT2D eigenvalue weighted by atomic mass is 9.93. The van der Waals surface area contributed by atoms with Crippen LogP contribution in [0.4, 0.5) is 0 Å². The minimum atomic E-state index is -0.356. The van der Waals surface area contributed by atoms with E-state index in [0.29, 0.717) is 22.8 Å². The molecule has 1 unspecified atom stereocenters. The molecule has 0 radical (unpaired) electrons. The predicted molar refractivity (Wildman–Crippen MR) is 95.0 cm³/mol. The molecule has 24 heavy (non-hydrogen) atoms. The molecule has 0 aliphatic carbocycles. The van der Waals surface area contributed by atoms with E-state index in [1.807, 2.05) is 38.1 Å². The number of benzene rings is 2. The van der Waals surface area contributed by atoms with Crippen molar-refractivity contribution in [2.24, 2.45) is 0 Å². The van der Waals surface area contributed by atoms with Crippen LogP contribution >= 0.6 is 11.6 Å². The molecule has 0 amide bonds. The van der Waals surface area contributed by atoms with Crippen LogP contribution in [0.2, 0.25) is 5.02 Å². The average molecular weight is 343 g/mol. The summed E-state index contributed by atoms with van der Waals surface area (Å²) in [6, 6.07) is 10.8. The molecule has 0 spiro atoms. The van der Waals surface area contributed by atoms with Gasteiger partial charge in [-0.1, -0.05) is 41.4 Å². The Bertz CT molecular complexity index is 802. The fourth-order valence-electron chi connectivity index (χ4n) is 2.79. The molecule has 3 rings (SSSR count).